The van der Waals surface area contributed by atoms with Gasteiger partial charge in [0.25, 0.3) is 0 Å². The number of benzene rings is 9. The van der Waals surface area contributed by atoms with Crippen molar-refractivity contribution in [3.05, 3.63) is 243 Å². The fraction of sp³-hybridized carbons (Fsp3) is 0. The summed E-state index contributed by atoms with van der Waals surface area (Å²) in [6, 6.07) is 83.1. The fourth-order valence-corrected chi connectivity index (χ4v) is 8.17. The van der Waals surface area contributed by atoms with Crippen molar-refractivity contribution in [2.24, 2.45) is 0 Å². The lowest BCUT2D eigenvalue weighted by molar-refractivity contribution is 1.07. The predicted molar refractivity (Wildman–Crippen MR) is 268 cm³/mol. The first kappa shape index (κ1) is 39.8. The van der Waals surface area contributed by atoms with Crippen LogP contribution in [-0.4, -0.2) is 29.9 Å². The molecule has 0 N–H and O–H groups in total. The molecule has 0 radical (unpaired) electrons. The van der Waals surface area contributed by atoms with Crippen LogP contribution in [0.2, 0.25) is 0 Å². The highest BCUT2D eigenvalue weighted by Gasteiger charge is 2.17. The molecule has 11 rings (SSSR count). The number of hydrogen-bond acceptors (Lipinski definition) is 6. The van der Waals surface area contributed by atoms with Crippen LogP contribution in [0.15, 0.2) is 243 Å². The summed E-state index contributed by atoms with van der Waals surface area (Å²) < 4.78 is 0. The molecule has 66 heavy (non-hydrogen) atoms. The molecule has 0 aliphatic heterocycles. The highest BCUT2D eigenvalue weighted by molar-refractivity contribution is 5.78. The summed E-state index contributed by atoms with van der Waals surface area (Å²) in [4.78, 5) is 30.6. The Morgan fingerprint density at radius 1 is 0.136 bits per heavy atom. The molecule has 0 saturated carbocycles. The van der Waals surface area contributed by atoms with Crippen molar-refractivity contribution in [1.29, 1.82) is 0 Å². The summed E-state index contributed by atoms with van der Waals surface area (Å²) in [5, 5.41) is 0. The van der Waals surface area contributed by atoms with Gasteiger partial charge in [0.15, 0.2) is 34.9 Å². The van der Waals surface area contributed by atoms with E-state index in [9.17, 15) is 0 Å². The zero-order chi connectivity index (χ0) is 44.1. The first-order valence-corrected chi connectivity index (χ1v) is 21.9. The Bertz CT molecular complexity index is 3450. The summed E-state index contributed by atoms with van der Waals surface area (Å²) in [6.07, 6.45) is 0. The van der Waals surface area contributed by atoms with Crippen LogP contribution in [0.5, 0.6) is 0 Å². The van der Waals surface area contributed by atoms with Crippen LogP contribution in [0.4, 0.5) is 0 Å². The predicted octanol–water partition coefficient (Wildman–Crippen LogP) is 14.7. The average molecular weight is 845 g/mol. The molecule has 0 aliphatic carbocycles. The fourth-order valence-electron chi connectivity index (χ4n) is 8.17. The van der Waals surface area contributed by atoms with Crippen LogP contribution in [0.3, 0.4) is 0 Å². The van der Waals surface area contributed by atoms with E-state index in [1.165, 1.54) is 0 Å². The minimum atomic E-state index is 0.581. The molecule has 0 spiro atoms. The molecule has 0 fully saturated rings. The van der Waals surface area contributed by atoms with Crippen LogP contribution in [0.1, 0.15) is 0 Å². The lowest BCUT2D eigenvalue weighted by Gasteiger charge is -2.12. The van der Waals surface area contributed by atoms with Crippen molar-refractivity contribution in [2.75, 3.05) is 0 Å². The molecule has 0 amide bonds. The third-order valence-corrected chi connectivity index (χ3v) is 11.6. The van der Waals surface area contributed by atoms with Gasteiger partial charge in [0.1, 0.15) is 0 Å². The molecule has 310 valence electrons. The number of aromatic nitrogens is 6. The number of rotatable bonds is 10. The van der Waals surface area contributed by atoms with E-state index in [1.54, 1.807) is 0 Å². The van der Waals surface area contributed by atoms with E-state index >= 15 is 0 Å². The van der Waals surface area contributed by atoms with Crippen LogP contribution in [-0.2, 0) is 0 Å². The first-order valence-electron chi connectivity index (χ1n) is 21.9. The Kier molecular flexibility index (Phi) is 10.9. The van der Waals surface area contributed by atoms with Gasteiger partial charge in [-0.25, -0.2) is 29.9 Å². The topological polar surface area (TPSA) is 77.3 Å². The Hall–Kier alpha value is -9.00. The SMILES string of the molecule is c1ccc(-c2ccc(-c3nc(-c4cccc(-c5ccccc5)c4)nc(-c4cccc(-c5cccc(-c6nc(-c7ccccc7)nc(-c7cccc(-c8ccccc8)c7)n6)c5)c4)n3)cc2)cc1. The molecule has 2 heterocycles. The maximum Gasteiger partial charge on any atom is 0.164 e. The summed E-state index contributed by atoms with van der Waals surface area (Å²) in [7, 11) is 0. The zero-order valence-corrected chi connectivity index (χ0v) is 35.8. The van der Waals surface area contributed by atoms with Crippen molar-refractivity contribution in [3.8, 4) is 113 Å². The van der Waals surface area contributed by atoms with Gasteiger partial charge >= 0.3 is 0 Å². The van der Waals surface area contributed by atoms with Gasteiger partial charge in [0.2, 0.25) is 0 Å². The quantitative estimate of drug-likeness (QED) is 0.136. The van der Waals surface area contributed by atoms with Crippen molar-refractivity contribution in [1.82, 2.24) is 29.9 Å². The van der Waals surface area contributed by atoms with Crippen LogP contribution in [0.25, 0.3) is 113 Å². The van der Waals surface area contributed by atoms with Gasteiger partial charge in [-0.1, -0.05) is 218 Å². The molecule has 0 atom stereocenters. The lowest BCUT2D eigenvalue weighted by Crippen LogP contribution is -2.01. The highest BCUT2D eigenvalue weighted by Crippen LogP contribution is 2.34. The third kappa shape index (κ3) is 8.54. The molecular formula is C60H40N6. The van der Waals surface area contributed by atoms with E-state index < -0.39 is 0 Å². The van der Waals surface area contributed by atoms with Crippen molar-refractivity contribution >= 4 is 0 Å². The first-order chi connectivity index (χ1) is 32.7. The van der Waals surface area contributed by atoms with Crippen LogP contribution in [0, 0.1) is 0 Å². The zero-order valence-electron chi connectivity index (χ0n) is 35.8. The standard InChI is InChI=1S/C60H40N6/c1-5-17-41(18-6-1)44-33-35-46(36-34-44)56-63-58(52-30-14-26-48(38-52)43-21-9-3-10-22-43)66-60(64-56)54-32-16-28-50(40-54)49-27-15-31-53(39-49)59-62-55(45-23-11-4-12-24-45)61-57(65-59)51-29-13-25-47(37-51)42-19-7-2-8-20-42/h1-40H. The smallest absolute Gasteiger partial charge is 0.164 e. The number of hydrogen-bond donors (Lipinski definition) is 0. The monoisotopic (exact) mass is 844 g/mol. The van der Waals surface area contributed by atoms with E-state index in [0.717, 1.165) is 77.9 Å². The average Bonchev–Trinajstić information content (AvgIpc) is 3.42. The van der Waals surface area contributed by atoms with Gasteiger partial charge in [-0.15, -0.1) is 0 Å². The lowest BCUT2D eigenvalue weighted by atomic mass is 10.00. The summed E-state index contributed by atoms with van der Waals surface area (Å²) >= 11 is 0. The molecule has 0 saturated heterocycles. The second kappa shape index (κ2) is 18.0. The molecule has 0 unspecified atom stereocenters. The molecular weight excluding hydrogens is 805 g/mol. The van der Waals surface area contributed by atoms with Gasteiger partial charge in [-0.3, -0.25) is 0 Å². The normalized spacial score (nSPS) is 11.0. The van der Waals surface area contributed by atoms with Crippen LogP contribution < -0.4 is 0 Å². The van der Waals surface area contributed by atoms with Gasteiger partial charge < -0.3 is 0 Å². The van der Waals surface area contributed by atoms with Crippen molar-refractivity contribution in [3.63, 3.8) is 0 Å². The minimum absolute atomic E-state index is 0.581. The van der Waals surface area contributed by atoms with Crippen molar-refractivity contribution < 1.29 is 0 Å². The second-order valence-corrected chi connectivity index (χ2v) is 16.0. The van der Waals surface area contributed by atoms with Gasteiger partial charge in [-0.2, -0.15) is 0 Å². The maximum absolute atomic E-state index is 5.15. The summed E-state index contributed by atoms with van der Waals surface area (Å²) in [5.74, 6) is 3.58. The second-order valence-electron chi connectivity index (χ2n) is 16.0. The number of nitrogens with zero attached hydrogens (tertiary/aromatic N) is 6. The minimum Gasteiger partial charge on any atom is -0.208 e. The summed E-state index contributed by atoms with van der Waals surface area (Å²) in [5.41, 5.74) is 14.1. The van der Waals surface area contributed by atoms with E-state index in [1.807, 2.05) is 48.5 Å². The molecule has 6 nitrogen and oxygen atoms in total. The molecule has 2 aromatic heterocycles. The molecule has 6 heteroatoms. The molecule has 0 aliphatic rings. The van der Waals surface area contributed by atoms with Crippen LogP contribution >= 0.6 is 0 Å². The Balaban J connectivity index is 0.984. The van der Waals surface area contributed by atoms with Gasteiger partial charge in [0, 0.05) is 33.4 Å². The van der Waals surface area contributed by atoms with Crippen molar-refractivity contribution in [2.45, 2.75) is 0 Å². The van der Waals surface area contributed by atoms with Gasteiger partial charge in [0.05, 0.1) is 0 Å². The summed E-state index contributed by atoms with van der Waals surface area (Å²) in [6.45, 7) is 0. The molecule has 0 bridgehead atoms. The largest absolute Gasteiger partial charge is 0.208 e. The third-order valence-electron chi connectivity index (χ3n) is 11.6. The Labute approximate surface area is 383 Å². The Morgan fingerprint density at radius 2 is 0.318 bits per heavy atom. The maximum atomic E-state index is 5.15. The van der Waals surface area contributed by atoms with E-state index in [-0.39, 0.29) is 0 Å². The van der Waals surface area contributed by atoms with E-state index in [0.29, 0.717) is 34.9 Å². The van der Waals surface area contributed by atoms with E-state index in [4.69, 9.17) is 29.9 Å². The van der Waals surface area contributed by atoms with E-state index in [2.05, 4.69) is 194 Å². The molecule has 11 aromatic rings. The van der Waals surface area contributed by atoms with Gasteiger partial charge in [-0.05, 0) is 68.8 Å². The molecule has 9 aromatic carbocycles. The Morgan fingerprint density at radius 3 is 0.636 bits per heavy atom. The highest BCUT2D eigenvalue weighted by atomic mass is 15.0.